The first-order valence-corrected chi connectivity index (χ1v) is 4.99. The Balaban J connectivity index is 2.40. The van der Waals surface area contributed by atoms with Gasteiger partial charge in [0.2, 0.25) is 5.91 Å². The second-order valence-electron chi connectivity index (χ2n) is 3.49. The second kappa shape index (κ2) is 5.95. The van der Waals surface area contributed by atoms with Gasteiger partial charge < -0.3 is 20.7 Å². The number of hydrogen-bond donors (Lipinski definition) is 2. The Bertz CT molecular complexity index is 179. The van der Waals surface area contributed by atoms with Gasteiger partial charge in [0, 0.05) is 26.7 Å². The summed E-state index contributed by atoms with van der Waals surface area (Å²) in [7, 11) is 1.55. The lowest BCUT2D eigenvalue weighted by atomic mass is 10.2. The van der Waals surface area contributed by atoms with Crippen LogP contribution >= 0.6 is 0 Å². The van der Waals surface area contributed by atoms with Crippen molar-refractivity contribution in [3.63, 3.8) is 0 Å². The number of carbonyl (C=O) groups is 1. The highest BCUT2D eigenvalue weighted by atomic mass is 16.5. The number of nitrogens with one attached hydrogen (secondary N) is 1. The number of nitrogens with two attached hydrogens (primary N) is 1. The minimum absolute atomic E-state index is 0.00412. The molecule has 0 radical (unpaired) electrons. The molecule has 0 spiro atoms. The molecule has 1 atom stereocenters. The van der Waals surface area contributed by atoms with Gasteiger partial charge in [0.1, 0.15) is 6.04 Å². The van der Waals surface area contributed by atoms with Crippen LogP contribution < -0.4 is 11.1 Å². The molecule has 1 rings (SSSR count). The molecule has 1 saturated heterocycles. The molecule has 5 nitrogen and oxygen atoms in total. The summed E-state index contributed by atoms with van der Waals surface area (Å²) in [5.74, 6) is -0.00412. The number of ether oxygens (including phenoxy) is 1. The van der Waals surface area contributed by atoms with Crippen LogP contribution in [-0.4, -0.2) is 56.7 Å². The predicted octanol–water partition coefficient (Wildman–Crippen LogP) is -1.22. The van der Waals surface area contributed by atoms with E-state index in [0.717, 1.165) is 32.6 Å². The third-order valence-corrected chi connectivity index (χ3v) is 2.32. The largest absolute Gasteiger partial charge is 0.383 e. The van der Waals surface area contributed by atoms with Gasteiger partial charge in [-0.15, -0.1) is 0 Å². The summed E-state index contributed by atoms with van der Waals surface area (Å²) in [6.45, 7) is 3.66. The Morgan fingerprint density at radius 3 is 3.07 bits per heavy atom. The van der Waals surface area contributed by atoms with E-state index in [4.69, 9.17) is 10.5 Å². The number of rotatable bonds is 3. The Labute approximate surface area is 84.6 Å². The van der Waals surface area contributed by atoms with Crippen molar-refractivity contribution in [2.45, 2.75) is 12.5 Å². The van der Waals surface area contributed by atoms with Gasteiger partial charge in [-0.25, -0.2) is 0 Å². The zero-order valence-electron chi connectivity index (χ0n) is 8.66. The summed E-state index contributed by atoms with van der Waals surface area (Å²) in [5, 5.41) is 3.24. The molecule has 1 heterocycles. The Morgan fingerprint density at radius 1 is 1.57 bits per heavy atom. The molecule has 0 aromatic carbocycles. The quantitative estimate of drug-likeness (QED) is 0.601. The average molecular weight is 201 g/mol. The van der Waals surface area contributed by atoms with Crippen LogP contribution in [0.2, 0.25) is 0 Å². The predicted molar refractivity (Wildman–Crippen MR) is 53.9 cm³/mol. The van der Waals surface area contributed by atoms with Crippen LogP contribution in [0.5, 0.6) is 0 Å². The van der Waals surface area contributed by atoms with Crippen LogP contribution in [0.3, 0.4) is 0 Å². The Kier molecular flexibility index (Phi) is 4.86. The summed E-state index contributed by atoms with van der Waals surface area (Å²) in [6.07, 6.45) is 0.992. The molecule has 1 aliphatic heterocycles. The Morgan fingerprint density at radius 2 is 2.36 bits per heavy atom. The fourth-order valence-electron chi connectivity index (χ4n) is 1.55. The van der Waals surface area contributed by atoms with Gasteiger partial charge in [0.05, 0.1) is 6.61 Å². The normalized spacial score (nSPS) is 20.3. The van der Waals surface area contributed by atoms with Crippen LogP contribution in [0.15, 0.2) is 0 Å². The first kappa shape index (κ1) is 11.4. The fraction of sp³-hybridized carbons (Fsp3) is 0.889. The SMILES string of the molecule is COCC(N)C(=O)N1CCCNCC1. The number of nitrogens with zero attached hydrogens (tertiary/aromatic N) is 1. The van der Waals surface area contributed by atoms with E-state index < -0.39 is 6.04 Å². The van der Waals surface area contributed by atoms with Crippen molar-refractivity contribution in [3.05, 3.63) is 0 Å². The van der Waals surface area contributed by atoms with Gasteiger partial charge in [-0.3, -0.25) is 4.79 Å². The highest BCUT2D eigenvalue weighted by Crippen LogP contribution is 1.98. The zero-order valence-corrected chi connectivity index (χ0v) is 8.66. The van der Waals surface area contributed by atoms with Crippen molar-refractivity contribution in [2.75, 3.05) is 39.9 Å². The van der Waals surface area contributed by atoms with E-state index in [1.54, 1.807) is 7.11 Å². The minimum atomic E-state index is -0.516. The van der Waals surface area contributed by atoms with Crippen molar-refractivity contribution in [1.29, 1.82) is 0 Å². The molecule has 14 heavy (non-hydrogen) atoms. The molecule has 0 aromatic rings. The lowest BCUT2D eigenvalue weighted by Crippen LogP contribution is -2.47. The van der Waals surface area contributed by atoms with Gasteiger partial charge in [-0.05, 0) is 13.0 Å². The van der Waals surface area contributed by atoms with E-state index in [0.29, 0.717) is 6.61 Å². The third kappa shape index (κ3) is 3.25. The van der Waals surface area contributed by atoms with E-state index in [1.807, 2.05) is 4.90 Å². The molecule has 1 unspecified atom stereocenters. The summed E-state index contributed by atoms with van der Waals surface area (Å²) in [5.41, 5.74) is 5.67. The van der Waals surface area contributed by atoms with E-state index in [2.05, 4.69) is 5.32 Å². The highest BCUT2D eigenvalue weighted by Gasteiger charge is 2.21. The van der Waals surface area contributed by atoms with E-state index in [-0.39, 0.29) is 5.91 Å². The lowest BCUT2D eigenvalue weighted by Gasteiger charge is -2.23. The molecule has 1 amide bonds. The van der Waals surface area contributed by atoms with Crippen LogP contribution in [0.4, 0.5) is 0 Å². The van der Waals surface area contributed by atoms with E-state index in [9.17, 15) is 4.79 Å². The van der Waals surface area contributed by atoms with Gasteiger partial charge in [-0.2, -0.15) is 0 Å². The van der Waals surface area contributed by atoms with Crippen molar-refractivity contribution in [2.24, 2.45) is 5.73 Å². The van der Waals surface area contributed by atoms with Crippen LogP contribution in [-0.2, 0) is 9.53 Å². The maximum absolute atomic E-state index is 11.7. The van der Waals surface area contributed by atoms with Gasteiger partial charge >= 0.3 is 0 Å². The van der Waals surface area contributed by atoms with Crippen LogP contribution in [0.1, 0.15) is 6.42 Å². The maximum Gasteiger partial charge on any atom is 0.241 e. The zero-order chi connectivity index (χ0) is 10.4. The van der Waals surface area contributed by atoms with Gasteiger partial charge in [-0.1, -0.05) is 0 Å². The molecule has 0 aromatic heterocycles. The van der Waals surface area contributed by atoms with Crippen molar-refractivity contribution >= 4 is 5.91 Å². The van der Waals surface area contributed by atoms with E-state index in [1.165, 1.54) is 0 Å². The second-order valence-corrected chi connectivity index (χ2v) is 3.49. The molecule has 5 heteroatoms. The number of methoxy groups -OCH3 is 1. The van der Waals surface area contributed by atoms with Crippen molar-refractivity contribution < 1.29 is 9.53 Å². The highest BCUT2D eigenvalue weighted by molar-refractivity contribution is 5.81. The van der Waals surface area contributed by atoms with Gasteiger partial charge in [0.15, 0.2) is 0 Å². The molecular weight excluding hydrogens is 182 g/mol. The summed E-state index contributed by atoms with van der Waals surface area (Å²) in [4.78, 5) is 13.5. The third-order valence-electron chi connectivity index (χ3n) is 2.32. The summed E-state index contributed by atoms with van der Waals surface area (Å²) in [6, 6.07) is -0.516. The summed E-state index contributed by atoms with van der Waals surface area (Å²) >= 11 is 0. The Hall–Kier alpha value is -0.650. The standard InChI is InChI=1S/C9H19N3O2/c1-14-7-8(10)9(13)12-5-2-3-11-4-6-12/h8,11H,2-7,10H2,1H3. The number of carbonyl (C=O) groups excluding carboxylic acids is 1. The first-order valence-electron chi connectivity index (χ1n) is 4.99. The van der Waals surface area contributed by atoms with Crippen molar-refractivity contribution in [1.82, 2.24) is 10.2 Å². The molecule has 1 fully saturated rings. The average Bonchev–Trinajstić information content (AvgIpc) is 2.45. The van der Waals surface area contributed by atoms with E-state index >= 15 is 0 Å². The van der Waals surface area contributed by atoms with Gasteiger partial charge in [0.25, 0.3) is 0 Å². The molecule has 82 valence electrons. The minimum Gasteiger partial charge on any atom is -0.383 e. The fourth-order valence-corrected chi connectivity index (χ4v) is 1.55. The molecule has 0 saturated carbocycles. The van der Waals surface area contributed by atoms with Crippen LogP contribution in [0.25, 0.3) is 0 Å². The number of amides is 1. The molecular formula is C9H19N3O2. The monoisotopic (exact) mass is 201 g/mol. The molecule has 0 bridgehead atoms. The van der Waals surface area contributed by atoms with Crippen molar-refractivity contribution in [3.8, 4) is 0 Å². The molecule has 3 N–H and O–H groups in total. The topological polar surface area (TPSA) is 67.6 Å². The lowest BCUT2D eigenvalue weighted by molar-refractivity contribution is -0.133. The first-order chi connectivity index (χ1) is 6.75. The molecule has 1 aliphatic rings. The number of hydrogen-bond acceptors (Lipinski definition) is 4. The molecule has 0 aliphatic carbocycles. The summed E-state index contributed by atoms with van der Waals surface area (Å²) < 4.78 is 4.86. The van der Waals surface area contributed by atoms with Crippen LogP contribution in [0, 0.1) is 0 Å². The maximum atomic E-state index is 11.7. The smallest absolute Gasteiger partial charge is 0.241 e.